The highest BCUT2D eigenvalue weighted by Gasteiger charge is 2.10. The summed E-state index contributed by atoms with van der Waals surface area (Å²) in [7, 11) is 1.56. The molecule has 0 unspecified atom stereocenters. The van der Waals surface area contributed by atoms with Gasteiger partial charge in [0.2, 0.25) is 5.78 Å². The van der Waals surface area contributed by atoms with Crippen molar-refractivity contribution in [3.8, 4) is 0 Å². The van der Waals surface area contributed by atoms with Crippen molar-refractivity contribution in [2.24, 2.45) is 7.05 Å². The summed E-state index contributed by atoms with van der Waals surface area (Å²) in [4.78, 5) is 15.2. The van der Waals surface area contributed by atoms with Crippen LogP contribution in [-0.4, -0.2) is 19.2 Å². The van der Waals surface area contributed by atoms with Gasteiger partial charge in [-0.15, -0.1) is 0 Å². The molecule has 2 aromatic heterocycles. The molecule has 2 heterocycles. The van der Waals surface area contributed by atoms with Gasteiger partial charge in [-0.2, -0.15) is 14.6 Å². The molecule has 2 aromatic rings. The molecule has 13 heavy (non-hydrogen) atoms. The van der Waals surface area contributed by atoms with Gasteiger partial charge < -0.3 is 11.5 Å². The lowest BCUT2D eigenvalue weighted by atomic mass is 10.5. The summed E-state index contributed by atoms with van der Waals surface area (Å²) in [6.45, 7) is 0. The number of nitrogen functional groups attached to an aromatic ring is 2. The van der Waals surface area contributed by atoms with Crippen molar-refractivity contribution in [2.75, 3.05) is 11.5 Å². The van der Waals surface area contributed by atoms with E-state index in [0.29, 0.717) is 5.78 Å². The smallest absolute Gasteiger partial charge is 0.280 e. The lowest BCUT2D eigenvalue weighted by Crippen LogP contribution is -2.25. The number of aromatic nitrogens is 4. The van der Waals surface area contributed by atoms with Gasteiger partial charge in [-0.25, -0.2) is 0 Å². The van der Waals surface area contributed by atoms with Crippen molar-refractivity contribution < 1.29 is 0 Å². The van der Waals surface area contributed by atoms with E-state index in [1.807, 2.05) is 0 Å². The summed E-state index contributed by atoms with van der Waals surface area (Å²) < 4.78 is 2.61. The van der Waals surface area contributed by atoms with E-state index in [-0.39, 0.29) is 17.1 Å². The maximum absolute atomic E-state index is 11.4. The van der Waals surface area contributed by atoms with E-state index in [2.05, 4.69) is 10.1 Å². The standard InChI is InChI=1S/C6H8N6O/c1-11-5(13)3(7)4(8)12-6(11)9-2-10-12/h2H,7-8H2,1H3. The first-order valence-corrected chi connectivity index (χ1v) is 3.56. The first kappa shape index (κ1) is 7.59. The van der Waals surface area contributed by atoms with E-state index in [9.17, 15) is 4.79 Å². The van der Waals surface area contributed by atoms with Crippen LogP contribution in [0, 0.1) is 0 Å². The fraction of sp³-hybridized carbons (Fsp3) is 0.167. The van der Waals surface area contributed by atoms with Crippen molar-refractivity contribution >= 4 is 17.3 Å². The monoisotopic (exact) mass is 180 g/mol. The lowest BCUT2D eigenvalue weighted by molar-refractivity contribution is 0.824. The molecular weight excluding hydrogens is 172 g/mol. The second-order valence-corrected chi connectivity index (χ2v) is 2.63. The molecule has 0 aromatic carbocycles. The van der Waals surface area contributed by atoms with Gasteiger partial charge in [0.05, 0.1) is 0 Å². The van der Waals surface area contributed by atoms with Crippen LogP contribution in [0.3, 0.4) is 0 Å². The molecule has 7 heteroatoms. The fourth-order valence-electron chi connectivity index (χ4n) is 1.13. The molecule has 0 saturated heterocycles. The molecule has 2 rings (SSSR count). The highest BCUT2D eigenvalue weighted by atomic mass is 16.1. The summed E-state index contributed by atoms with van der Waals surface area (Å²) in [5.41, 5.74) is 10.6. The molecule has 0 radical (unpaired) electrons. The number of rotatable bonds is 0. The zero-order chi connectivity index (χ0) is 9.59. The third kappa shape index (κ3) is 0.805. The van der Waals surface area contributed by atoms with Crippen LogP contribution in [0.15, 0.2) is 11.1 Å². The predicted molar refractivity (Wildman–Crippen MR) is 47.1 cm³/mol. The Labute approximate surface area is 72.6 Å². The van der Waals surface area contributed by atoms with Gasteiger partial charge in [0.15, 0.2) is 5.82 Å². The van der Waals surface area contributed by atoms with Crippen molar-refractivity contribution in [2.45, 2.75) is 0 Å². The minimum absolute atomic E-state index is 0.0134. The number of anilines is 2. The van der Waals surface area contributed by atoms with Crippen LogP contribution < -0.4 is 17.0 Å². The summed E-state index contributed by atoms with van der Waals surface area (Å²) in [6.07, 6.45) is 1.31. The van der Waals surface area contributed by atoms with Gasteiger partial charge in [-0.3, -0.25) is 9.36 Å². The number of fused-ring (bicyclic) bond motifs is 1. The Morgan fingerprint density at radius 1 is 1.46 bits per heavy atom. The van der Waals surface area contributed by atoms with Gasteiger partial charge in [0.1, 0.15) is 12.0 Å². The van der Waals surface area contributed by atoms with Gasteiger partial charge in [-0.05, 0) is 0 Å². The molecule has 7 nitrogen and oxygen atoms in total. The zero-order valence-electron chi connectivity index (χ0n) is 6.93. The Morgan fingerprint density at radius 3 is 2.85 bits per heavy atom. The maximum atomic E-state index is 11.4. The Bertz CT molecular complexity index is 524. The molecule has 0 bridgehead atoms. The van der Waals surface area contributed by atoms with Crippen LogP contribution in [0.4, 0.5) is 11.5 Å². The van der Waals surface area contributed by atoms with E-state index in [1.54, 1.807) is 7.05 Å². The van der Waals surface area contributed by atoms with Crippen molar-refractivity contribution in [3.05, 3.63) is 16.7 Å². The Hall–Kier alpha value is -2.05. The number of hydrogen-bond acceptors (Lipinski definition) is 5. The molecule has 0 aliphatic heterocycles. The second-order valence-electron chi connectivity index (χ2n) is 2.63. The van der Waals surface area contributed by atoms with E-state index in [4.69, 9.17) is 11.5 Å². The van der Waals surface area contributed by atoms with Gasteiger partial charge >= 0.3 is 0 Å². The zero-order valence-corrected chi connectivity index (χ0v) is 6.93. The lowest BCUT2D eigenvalue weighted by Gasteiger charge is -2.04. The number of nitrogens with zero attached hydrogens (tertiary/aromatic N) is 4. The van der Waals surface area contributed by atoms with Crippen molar-refractivity contribution in [1.29, 1.82) is 0 Å². The quantitative estimate of drug-likeness (QED) is 0.518. The predicted octanol–water partition coefficient (Wildman–Crippen LogP) is -1.41. The van der Waals surface area contributed by atoms with E-state index >= 15 is 0 Å². The molecule has 4 N–H and O–H groups in total. The molecule has 0 fully saturated rings. The first-order valence-electron chi connectivity index (χ1n) is 3.56. The molecule has 0 saturated carbocycles. The Morgan fingerprint density at radius 2 is 2.15 bits per heavy atom. The fourth-order valence-corrected chi connectivity index (χ4v) is 1.13. The van der Waals surface area contributed by atoms with Gasteiger partial charge in [0.25, 0.3) is 5.56 Å². The normalized spacial score (nSPS) is 10.8. The average Bonchev–Trinajstić information content (AvgIpc) is 2.59. The Kier molecular flexibility index (Phi) is 1.30. The van der Waals surface area contributed by atoms with E-state index in [0.717, 1.165) is 0 Å². The molecule has 68 valence electrons. The summed E-state index contributed by atoms with van der Waals surface area (Å²) in [5, 5.41) is 3.82. The SMILES string of the molecule is Cn1c(=O)c(N)c(N)n2ncnc12. The molecule has 0 atom stereocenters. The molecular formula is C6H8N6O. The highest BCUT2D eigenvalue weighted by Crippen LogP contribution is 2.08. The van der Waals surface area contributed by atoms with Crippen molar-refractivity contribution in [1.82, 2.24) is 19.2 Å². The van der Waals surface area contributed by atoms with Gasteiger partial charge in [-0.1, -0.05) is 0 Å². The number of nitrogens with two attached hydrogens (primary N) is 2. The third-order valence-electron chi connectivity index (χ3n) is 1.87. The summed E-state index contributed by atoms with van der Waals surface area (Å²) in [5.74, 6) is 0.493. The molecule has 0 aliphatic carbocycles. The number of aryl methyl sites for hydroxylation is 1. The van der Waals surface area contributed by atoms with Gasteiger partial charge in [0, 0.05) is 7.05 Å². The van der Waals surface area contributed by atoms with Crippen LogP contribution in [0.5, 0.6) is 0 Å². The van der Waals surface area contributed by atoms with Crippen LogP contribution >= 0.6 is 0 Å². The molecule has 0 aliphatic rings. The van der Waals surface area contributed by atoms with E-state index in [1.165, 1.54) is 15.4 Å². The minimum atomic E-state index is -0.363. The minimum Gasteiger partial charge on any atom is -0.391 e. The third-order valence-corrected chi connectivity index (χ3v) is 1.87. The maximum Gasteiger partial charge on any atom is 0.280 e. The first-order chi connectivity index (χ1) is 6.13. The van der Waals surface area contributed by atoms with Crippen LogP contribution in [0.25, 0.3) is 5.78 Å². The van der Waals surface area contributed by atoms with E-state index < -0.39 is 0 Å². The van der Waals surface area contributed by atoms with Crippen LogP contribution in [-0.2, 0) is 7.05 Å². The number of hydrogen-bond donors (Lipinski definition) is 2. The van der Waals surface area contributed by atoms with Crippen LogP contribution in [0.1, 0.15) is 0 Å². The largest absolute Gasteiger partial charge is 0.391 e. The molecule has 0 amide bonds. The highest BCUT2D eigenvalue weighted by molar-refractivity contribution is 5.60. The van der Waals surface area contributed by atoms with Crippen LogP contribution in [0.2, 0.25) is 0 Å². The molecule has 0 spiro atoms. The summed E-state index contributed by atoms with van der Waals surface area (Å²) >= 11 is 0. The average molecular weight is 180 g/mol. The second kappa shape index (κ2) is 2.22. The topological polar surface area (TPSA) is 104 Å². The Balaban J connectivity index is 3.11. The van der Waals surface area contributed by atoms with Crippen molar-refractivity contribution in [3.63, 3.8) is 0 Å². The summed E-state index contributed by atoms with van der Waals surface area (Å²) in [6, 6.07) is 0.